The van der Waals surface area contributed by atoms with Crippen LogP contribution in [-0.2, 0) is 14.1 Å². The van der Waals surface area contributed by atoms with E-state index in [2.05, 4.69) is 29.9 Å². The molecule has 0 aliphatic rings. The molecule has 0 saturated heterocycles. The Morgan fingerprint density at radius 3 is 1.55 bits per heavy atom. The lowest BCUT2D eigenvalue weighted by Gasteiger charge is -1.88. The van der Waals surface area contributed by atoms with E-state index in [1.54, 1.807) is 35.9 Å². The molecular formula is C12H12N8O2. The highest BCUT2D eigenvalue weighted by molar-refractivity contribution is 5.69. The van der Waals surface area contributed by atoms with Crippen LogP contribution in [0.15, 0.2) is 34.9 Å². The number of imidazole rings is 2. The van der Waals surface area contributed by atoms with Gasteiger partial charge in [0.05, 0.1) is 25.3 Å². The van der Waals surface area contributed by atoms with E-state index in [-0.39, 0.29) is 11.1 Å². The lowest BCUT2D eigenvalue weighted by molar-refractivity contribution is 0.938. The van der Waals surface area contributed by atoms with Gasteiger partial charge < -0.3 is 19.1 Å². The Balaban J connectivity index is 0.000000131. The SMILES string of the molecule is Cn1cnc2nc[nH]c(=O)c21.Cn1cnc2nc[nH]c(=O)c21. The van der Waals surface area contributed by atoms with Crippen LogP contribution in [0.4, 0.5) is 0 Å². The average molecular weight is 300 g/mol. The number of nitrogens with one attached hydrogen (secondary N) is 2. The van der Waals surface area contributed by atoms with Crippen molar-refractivity contribution < 1.29 is 0 Å². The van der Waals surface area contributed by atoms with Crippen molar-refractivity contribution in [3.8, 4) is 0 Å². The van der Waals surface area contributed by atoms with Crippen LogP contribution >= 0.6 is 0 Å². The summed E-state index contributed by atoms with van der Waals surface area (Å²) in [5.41, 5.74) is 1.66. The molecule has 0 aromatic carbocycles. The second-order valence-electron chi connectivity index (χ2n) is 4.52. The minimum absolute atomic E-state index is 0.157. The fraction of sp³-hybridized carbons (Fsp3) is 0.167. The van der Waals surface area contributed by atoms with Crippen molar-refractivity contribution in [2.75, 3.05) is 0 Å². The van der Waals surface area contributed by atoms with Gasteiger partial charge in [-0.1, -0.05) is 0 Å². The van der Waals surface area contributed by atoms with E-state index < -0.39 is 0 Å². The summed E-state index contributed by atoms with van der Waals surface area (Å²) in [4.78, 5) is 42.7. The summed E-state index contributed by atoms with van der Waals surface area (Å²) >= 11 is 0. The van der Waals surface area contributed by atoms with Crippen molar-refractivity contribution >= 4 is 22.3 Å². The van der Waals surface area contributed by atoms with E-state index in [0.717, 1.165) is 0 Å². The Kier molecular flexibility index (Phi) is 3.26. The zero-order chi connectivity index (χ0) is 15.7. The average Bonchev–Trinajstić information content (AvgIpc) is 3.06. The lowest BCUT2D eigenvalue weighted by atomic mass is 10.5. The molecular weight excluding hydrogens is 288 g/mol. The van der Waals surface area contributed by atoms with E-state index in [9.17, 15) is 9.59 Å². The van der Waals surface area contributed by atoms with Gasteiger partial charge in [0.25, 0.3) is 11.1 Å². The molecule has 2 N–H and O–H groups in total. The molecule has 4 aromatic heterocycles. The lowest BCUT2D eigenvalue weighted by Crippen LogP contribution is -2.08. The molecule has 4 aromatic rings. The first-order valence-corrected chi connectivity index (χ1v) is 6.27. The van der Waals surface area contributed by atoms with Crippen LogP contribution in [0.25, 0.3) is 22.3 Å². The predicted molar refractivity (Wildman–Crippen MR) is 78.3 cm³/mol. The first-order chi connectivity index (χ1) is 10.6. The van der Waals surface area contributed by atoms with Crippen molar-refractivity contribution in [2.24, 2.45) is 14.1 Å². The minimum atomic E-state index is -0.157. The molecule has 4 rings (SSSR count). The maximum atomic E-state index is 11.1. The van der Waals surface area contributed by atoms with E-state index in [0.29, 0.717) is 22.3 Å². The van der Waals surface area contributed by atoms with Gasteiger partial charge in [-0.05, 0) is 0 Å². The summed E-state index contributed by atoms with van der Waals surface area (Å²) in [5, 5.41) is 0. The molecule has 112 valence electrons. The quantitative estimate of drug-likeness (QED) is 0.442. The smallest absolute Gasteiger partial charge is 0.276 e. The highest BCUT2D eigenvalue weighted by Gasteiger charge is 2.03. The molecule has 22 heavy (non-hydrogen) atoms. The van der Waals surface area contributed by atoms with Gasteiger partial charge in [0, 0.05) is 14.1 Å². The van der Waals surface area contributed by atoms with Crippen LogP contribution in [0.2, 0.25) is 0 Å². The first-order valence-electron chi connectivity index (χ1n) is 6.27. The molecule has 0 radical (unpaired) electrons. The Hall–Kier alpha value is -3.30. The second kappa shape index (κ2) is 5.24. The number of aromatic amines is 2. The minimum Gasteiger partial charge on any atom is -0.328 e. The molecule has 0 atom stereocenters. The predicted octanol–water partition coefficient (Wildman–Crippen LogP) is -0.687. The molecule has 0 aliphatic heterocycles. The van der Waals surface area contributed by atoms with E-state index in [1.807, 2.05) is 0 Å². The summed E-state index contributed by atoms with van der Waals surface area (Å²) in [6.45, 7) is 0. The first kappa shape index (κ1) is 13.7. The molecule has 4 heterocycles. The number of hydrogen-bond acceptors (Lipinski definition) is 6. The highest BCUT2D eigenvalue weighted by atomic mass is 16.1. The number of rotatable bonds is 0. The number of H-pyrrole nitrogens is 2. The number of nitrogens with zero attached hydrogens (tertiary/aromatic N) is 6. The summed E-state index contributed by atoms with van der Waals surface area (Å²) < 4.78 is 3.28. The molecule has 0 unspecified atom stereocenters. The van der Waals surface area contributed by atoms with Gasteiger partial charge in [0.2, 0.25) is 0 Å². The Morgan fingerprint density at radius 2 is 1.18 bits per heavy atom. The van der Waals surface area contributed by atoms with Crippen LogP contribution in [-0.4, -0.2) is 39.0 Å². The molecule has 0 spiro atoms. The maximum Gasteiger partial charge on any atom is 0.276 e. The van der Waals surface area contributed by atoms with Gasteiger partial charge >= 0.3 is 0 Å². The number of aryl methyl sites for hydroxylation is 2. The maximum absolute atomic E-state index is 11.1. The topological polar surface area (TPSA) is 127 Å². The van der Waals surface area contributed by atoms with Crippen LogP contribution in [0.5, 0.6) is 0 Å². The van der Waals surface area contributed by atoms with Gasteiger partial charge in [-0.25, -0.2) is 19.9 Å². The third kappa shape index (κ3) is 2.26. The molecule has 0 amide bonds. The standard InChI is InChI=1S/2C6H6N4O/c2*1-10-3-9-5-4(10)6(11)8-2-7-5/h2*2-3H,1H3,(H,7,8,11). The summed E-state index contributed by atoms with van der Waals surface area (Å²) in [6.07, 6.45) is 5.81. The Labute approximate surface area is 122 Å². The van der Waals surface area contributed by atoms with E-state index >= 15 is 0 Å². The van der Waals surface area contributed by atoms with Crippen molar-refractivity contribution in [3.63, 3.8) is 0 Å². The molecule has 10 heteroatoms. The summed E-state index contributed by atoms with van der Waals surface area (Å²) in [5.74, 6) is 0. The summed E-state index contributed by atoms with van der Waals surface area (Å²) in [7, 11) is 3.51. The third-order valence-corrected chi connectivity index (χ3v) is 3.03. The fourth-order valence-electron chi connectivity index (χ4n) is 1.99. The van der Waals surface area contributed by atoms with E-state index in [4.69, 9.17) is 0 Å². The van der Waals surface area contributed by atoms with Crippen LogP contribution in [0, 0.1) is 0 Å². The Bertz CT molecular complexity index is 968. The third-order valence-electron chi connectivity index (χ3n) is 3.03. The van der Waals surface area contributed by atoms with E-state index in [1.165, 1.54) is 12.7 Å². The van der Waals surface area contributed by atoms with Gasteiger partial charge in [0.15, 0.2) is 22.3 Å². The molecule has 0 saturated carbocycles. The Morgan fingerprint density at radius 1 is 0.773 bits per heavy atom. The van der Waals surface area contributed by atoms with Crippen molar-refractivity contribution in [2.45, 2.75) is 0 Å². The van der Waals surface area contributed by atoms with Gasteiger partial charge in [-0.3, -0.25) is 9.59 Å². The zero-order valence-corrected chi connectivity index (χ0v) is 11.8. The van der Waals surface area contributed by atoms with Crippen LogP contribution in [0.1, 0.15) is 0 Å². The monoisotopic (exact) mass is 300 g/mol. The number of hydrogen-bond donors (Lipinski definition) is 2. The summed E-state index contributed by atoms with van der Waals surface area (Å²) in [6, 6.07) is 0. The molecule has 0 aliphatic carbocycles. The van der Waals surface area contributed by atoms with Crippen LogP contribution in [0.3, 0.4) is 0 Å². The largest absolute Gasteiger partial charge is 0.328 e. The normalized spacial score (nSPS) is 10.6. The van der Waals surface area contributed by atoms with Gasteiger partial charge in [-0.15, -0.1) is 0 Å². The molecule has 0 fully saturated rings. The molecule has 10 nitrogen and oxygen atoms in total. The second-order valence-corrected chi connectivity index (χ2v) is 4.52. The van der Waals surface area contributed by atoms with Crippen molar-refractivity contribution in [3.05, 3.63) is 46.0 Å². The number of fused-ring (bicyclic) bond motifs is 2. The van der Waals surface area contributed by atoms with Gasteiger partial charge in [-0.2, -0.15) is 0 Å². The van der Waals surface area contributed by atoms with Crippen molar-refractivity contribution in [1.82, 2.24) is 39.0 Å². The zero-order valence-electron chi connectivity index (χ0n) is 11.8. The van der Waals surface area contributed by atoms with Crippen molar-refractivity contribution in [1.29, 1.82) is 0 Å². The molecule has 0 bridgehead atoms. The van der Waals surface area contributed by atoms with Crippen LogP contribution < -0.4 is 11.1 Å². The fourth-order valence-corrected chi connectivity index (χ4v) is 1.99. The number of aromatic nitrogens is 8. The van der Waals surface area contributed by atoms with Gasteiger partial charge in [0.1, 0.15) is 0 Å². The highest BCUT2D eigenvalue weighted by Crippen LogP contribution is 1.99.